The number of fused-ring (bicyclic) bond motifs is 3. The molecule has 0 radical (unpaired) electrons. The highest BCUT2D eigenvalue weighted by Gasteiger charge is 2.29. The first-order valence-electron chi connectivity index (χ1n) is 6.90. The Morgan fingerprint density at radius 2 is 2.38 bits per heavy atom. The Hall–Kier alpha value is -1.44. The molecule has 4 rings (SSSR count). The van der Waals surface area contributed by atoms with Gasteiger partial charge in [0.2, 0.25) is 0 Å². The minimum Gasteiger partial charge on any atom is -0.393 e. The molecule has 0 bridgehead atoms. The van der Waals surface area contributed by atoms with Gasteiger partial charge < -0.3 is 10.0 Å². The van der Waals surface area contributed by atoms with Gasteiger partial charge in [0.25, 0.3) is 5.91 Å². The Labute approximate surface area is 129 Å². The number of carbonyl (C=O) groups excluding carboxylic acids is 1. The fraction of sp³-hybridized carbons (Fsp3) is 0.429. The monoisotopic (exact) mass is 321 g/mol. The molecule has 7 heteroatoms. The molecule has 3 aromatic heterocycles. The third kappa shape index (κ3) is 2.16. The smallest absolute Gasteiger partial charge is 0.263 e. The number of rotatable bonds is 3. The fourth-order valence-electron chi connectivity index (χ4n) is 2.86. The summed E-state index contributed by atoms with van der Waals surface area (Å²) in [6.45, 7) is 0.715. The maximum absolute atomic E-state index is 12.5. The normalized spacial score (nSPS) is 21.8. The number of thiophene rings is 1. The number of aliphatic hydroxyl groups is 1. The number of nitrogens with zero attached hydrogens (tertiary/aromatic N) is 3. The minimum atomic E-state index is -0.170. The number of aliphatic hydroxyl groups excluding tert-OH is 1. The molecule has 0 saturated heterocycles. The summed E-state index contributed by atoms with van der Waals surface area (Å²) in [5.74, 6) is 0.478. The molecule has 3 heterocycles. The lowest BCUT2D eigenvalue weighted by Gasteiger charge is -2.34. The maximum Gasteiger partial charge on any atom is 0.263 e. The second-order valence-corrected chi connectivity index (χ2v) is 7.55. The van der Waals surface area contributed by atoms with Crippen LogP contribution in [0.3, 0.4) is 0 Å². The summed E-state index contributed by atoms with van der Waals surface area (Å²) in [5, 5.41) is 11.3. The number of aromatic nitrogens is 2. The zero-order valence-electron chi connectivity index (χ0n) is 11.5. The van der Waals surface area contributed by atoms with Gasteiger partial charge in [0.15, 0.2) is 4.96 Å². The number of carbonyl (C=O) groups is 1. The second kappa shape index (κ2) is 4.79. The summed E-state index contributed by atoms with van der Waals surface area (Å²) in [4.78, 5) is 21.4. The van der Waals surface area contributed by atoms with E-state index >= 15 is 0 Å². The van der Waals surface area contributed by atoms with Crippen LogP contribution in [0.25, 0.3) is 15.3 Å². The minimum absolute atomic E-state index is 0.0448. The van der Waals surface area contributed by atoms with Gasteiger partial charge in [-0.3, -0.25) is 9.20 Å². The van der Waals surface area contributed by atoms with Crippen molar-refractivity contribution >= 4 is 43.9 Å². The molecule has 1 aliphatic rings. The molecule has 21 heavy (non-hydrogen) atoms. The van der Waals surface area contributed by atoms with Crippen molar-refractivity contribution in [1.29, 1.82) is 0 Å². The first-order valence-corrected chi connectivity index (χ1v) is 8.60. The molecule has 1 saturated carbocycles. The molecule has 0 atom stereocenters. The van der Waals surface area contributed by atoms with E-state index < -0.39 is 0 Å². The van der Waals surface area contributed by atoms with Gasteiger partial charge in [-0.25, -0.2) is 4.98 Å². The van der Waals surface area contributed by atoms with Crippen LogP contribution in [-0.2, 0) is 0 Å². The lowest BCUT2D eigenvalue weighted by atomic mass is 9.82. The van der Waals surface area contributed by atoms with Gasteiger partial charge in [-0.2, -0.15) is 0 Å². The Bertz CT molecular complexity index is 813. The zero-order valence-corrected chi connectivity index (χ0v) is 13.2. The van der Waals surface area contributed by atoms with Crippen LogP contribution in [0, 0.1) is 5.92 Å². The van der Waals surface area contributed by atoms with Crippen molar-refractivity contribution in [3.05, 3.63) is 22.5 Å². The number of hydrogen-bond donors (Lipinski definition) is 1. The molecule has 110 valence electrons. The van der Waals surface area contributed by atoms with E-state index in [1.165, 1.54) is 11.3 Å². The van der Waals surface area contributed by atoms with Crippen molar-refractivity contribution < 1.29 is 9.90 Å². The Balaban J connectivity index is 1.56. The Kier molecular flexibility index (Phi) is 3.02. The van der Waals surface area contributed by atoms with E-state index in [4.69, 9.17) is 0 Å². The fourth-order valence-corrected chi connectivity index (χ4v) is 4.66. The highest BCUT2D eigenvalue weighted by Crippen LogP contribution is 2.31. The molecular weight excluding hydrogens is 306 g/mol. The summed E-state index contributed by atoms with van der Waals surface area (Å²) in [6, 6.07) is 1.93. The van der Waals surface area contributed by atoms with Crippen LogP contribution >= 0.6 is 22.7 Å². The van der Waals surface area contributed by atoms with E-state index in [1.807, 2.05) is 29.1 Å². The van der Waals surface area contributed by atoms with Crippen LogP contribution in [-0.4, -0.2) is 45.0 Å². The predicted molar refractivity (Wildman–Crippen MR) is 84.1 cm³/mol. The first kappa shape index (κ1) is 13.2. The SMILES string of the molecule is CN(CC1CC(O)C1)C(=O)c1cc2c(nc3sccn32)s1. The van der Waals surface area contributed by atoms with E-state index in [-0.39, 0.29) is 12.0 Å². The molecule has 1 fully saturated rings. The van der Waals surface area contributed by atoms with Gasteiger partial charge in [0.05, 0.1) is 16.5 Å². The molecule has 3 aromatic rings. The van der Waals surface area contributed by atoms with Gasteiger partial charge in [-0.1, -0.05) is 0 Å². The first-order chi connectivity index (χ1) is 10.1. The summed E-state index contributed by atoms with van der Waals surface area (Å²) in [5.41, 5.74) is 1.01. The Morgan fingerprint density at radius 3 is 3.14 bits per heavy atom. The van der Waals surface area contributed by atoms with Crippen LogP contribution in [0.5, 0.6) is 0 Å². The average Bonchev–Trinajstić information content (AvgIpc) is 3.06. The van der Waals surface area contributed by atoms with Gasteiger partial charge in [0.1, 0.15) is 4.83 Å². The third-order valence-electron chi connectivity index (χ3n) is 4.04. The van der Waals surface area contributed by atoms with E-state index in [2.05, 4.69) is 4.98 Å². The third-order valence-corrected chi connectivity index (χ3v) is 5.80. The number of imidazole rings is 1. The summed E-state index contributed by atoms with van der Waals surface area (Å²) < 4.78 is 2.02. The number of hydrogen-bond acceptors (Lipinski definition) is 5. The van der Waals surface area contributed by atoms with Crippen LogP contribution in [0.4, 0.5) is 0 Å². The molecule has 0 aromatic carbocycles. The van der Waals surface area contributed by atoms with E-state index in [1.54, 1.807) is 16.2 Å². The van der Waals surface area contributed by atoms with Gasteiger partial charge in [0, 0.05) is 25.2 Å². The highest BCUT2D eigenvalue weighted by atomic mass is 32.1. The van der Waals surface area contributed by atoms with Crippen LogP contribution in [0.15, 0.2) is 17.6 Å². The van der Waals surface area contributed by atoms with Crippen LogP contribution in [0.1, 0.15) is 22.5 Å². The standard InChI is InChI=1S/C14H15N3O2S2/c1-16(7-8-4-9(18)5-8)13(19)11-6-10-12(21-11)15-14-17(10)2-3-20-14/h2-3,6,8-9,18H,4-5,7H2,1H3. The number of thiazole rings is 1. The van der Waals surface area contributed by atoms with Crippen molar-refractivity contribution in [3.8, 4) is 0 Å². The van der Waals surface area contributed by atoms with Crippen molar-refractivity contribution in [2.24, 2.45) is 5.92 Å². The van der Waals surface area contributed by atoms with Crippen LogP contribution in [0.2, 0.25) is 0 Å². The topological polar surface area (TPSA) is 57.8 Å². The van der Waals surface area contributed by atoms with Gasteiger partial charge in [-0.15, -0.1) is 22.7 Å². The average molecular weight is 321 g/mol. The Morgan fingerprint density at radius 1 is 1.57 bits per heavy atom. The zero-order chi connectivity index (χ0) is 14.6. The second-order valence-electron chi connectivity index (χ2n) is 5.65. The molecular formula is C14H15N3O2S2. The molecule has 0 unspecified atom stereocenters. The lowest BCUT2D eigenvalue weighted by molar-refractivity contribution is 0.0266. The molecule has 1 aliphatic carbocycles. The molecule has 0 aliphatic heterocycles. The molecule has 1 amide bonds. The van der Waals surface area contributed by atoms with E-state index in [0.717, 1.165) is 33.0 Å². The van der Waals surface area contributed by atoms with Crippen LogP contribution < -0.4 is 0 Å². The molecule has 0 spiro atoms. The van der Waals surface area contributed by atoms with Crippen molar-refractivity contribution in [2.45, 2.75) is 18.9 Å². The highest BCUT2D eigenvalue weighted by molar-refractivity contribution is 7.21. The van der Waals surface area contributed by atoms with Crippen molar-refractivity contribution in [3.63, 3.8) is 0 Å². The van der Waals surface area contributed by atoms with Crippen molar-refractivity contribution in [2.75, 3.05) is 13.6 Å². The molecule has 1 N–H and O–H groups in total. The molecule has 5 nitrogen and oxygen atoms in total. The summed E-state index contributed by atoms with van der Waals surface area (Å²) in [7, 11) is 1.83. The van der Waals surface area contributed by atoms with Crippen molar-refractivity contribution in [1.82, 2.24) is 14.3 Å². The summed E-state index contributed by atoms with van der Waals surface area (Å²) >= 11 is 3.05. The quantitative estimate of drug-likeness (QED) is 0.806. The van der Waals surface area contributed by atoms with Gasteiger partial charge >= 0.3 is 0 Å². The maximum atomic E-state index is 12.5. The van der Waals surface area contributed by atoms with E-state index in [0.29, 0.717) is 12.5 Å². The lowest BCUT2D eigenvalue weighted by Crippen LogP contribution is -2.39. The van der Waals surface area contributed by atoms with Gasteiger partial charge in [-0.05, 0) is 24.8 Å². The largest absolute Gasteiger partial charge is 0.393 e. The number of amides is 1. The predicted octanol–water partition coefficient (Wildman–Crippen LogP) is 2.45. The van der Waals surface area contributed by atoms with E-state index in [9.17, 15) is 9.90 Å². The summed E-state index contributed by atoms with van der Waals surface area (Å²) in [6.07, 6.45) is 3.43.